The first-order valence-electron chi connectivity index (χ1n) is 7.33. The molecule has 0 bridgehead atoms. The molecule has 0 aliphatic carbocycles. The number of nitrogens with zero attached hydrogens (tertiary/aromatic N) is 1. The van der Waals surface area contributed by atoms with Crippen molar-refractivity contribution in [2.45, 2.75) is 13.0 Å². The Kier molecular flexibility index (Phi) is 4.15. The number of carbonyl (C=O) groups excluding carboxylic acids is 2. The minimum absolute atomic E-state index is 0.0334. The molecule has 2 aliphatic rings. The van der Waals surface area contributed by atoms with Gasteiger partial charge in [0.15, 0.2) is 6.61 Å². The molecule has 2 heterocycles. The van der Waals surface area contributed by atoms with Crippen LogP contribution in [0.4, 0.5) is 11.4 Å². The van der Waals surface area contributed by atoms with E-state index in [4.69, 9.17) is 9.47 Å². The van der Waals surface area contributed by atoms with Gasteiger partial charge in [-0.1, -0.05) is 0 Å². The lowest BCUT2D eigenvalue weighted by Gasteiger charge is -2.30. The van der Waals surface area contributed by atoms with Crippen molar-refractivity contribution < 1.29 is 19.1 Å². The van der Waals surface area contributed by atoms with Crippen LogP contribution in [-0.4, -0.2) is 55.7 Å². The molecule has 7 heteroatoms. The summed E-state index contributed by atoms with van der Waals surface area (Å²) in [6, 6.07) is 5.04. The van der Waals surface area contributed by atoms with Crippen molar-refractivity contribution in [2.24, 2.45) is 0 Å². The van der Waals surface area contributed by atoms with Gasteiger partial charge in [0.25, 0.3) is 5.91 Å². The largest absolute Gasteiger partial charge is 0.482 e. The number of ether oxygens (including phenoxy) is 2. The number of rotatable bonds is 3. The third kappa shape index (κ3) is 3.14. The van der Waals surface area contributed by atoms with Crippen LogP contribution in [0, 0.1) is 0 Å². The Morgan fingerprint density at radius 3 is 2.91 bits per heavy atom. The molecule has 1 aromatic carbocycles. The van der Waals surface area contributed by atoms with Gasteiger partial charge in [0.05, 0.1) is 18.9 Å². The van der Waals surface area contributed by atoms with Crippen LogP contribution in [0.1, 0.15) is 6.92 Å². The SMILES string of the molecule is C[C@H](Nc1ccc2c(c1)NC(=O)CO2)C(=O)N1CCOCC1. The van der Waals surface area contributed by atoms with Crippen molar-refractivity contribution in [3.05, 3.63) is 18.2 Å². The molecule has 0 saturated carbocycles. The summed E-state index contributed by atoms with van der Waals surface area (Å²) in [5, 5.41) is 5.92. The molecule has 2 amide bonds. The number of carbonyl (C=O) groups is 2. The lowest BCUT2D eigenvalue weighted by Crippen LogP contribution is -2.47. The number of hydrogen-bond acceptors (Lipinski definition) is 5. The average Bonchev–Trinajstić information content (AvgIpc) is 2.54. The summed E-state index contributed by atoms with van der Waals surface area (Å²) < 4.78 is 10.6. The molecule has 7 nitrogen and oxygen atoms in total. The highest BCUT2D eigenvalue weighted by Gasteiger charge is 2.23. The number of hydrogen-bond donors (Lipinski definition) is 2. The molecular weight excluding hydrogens is 286 g/mol. The highest BCUT2D eigenvalue weighted by atomic mass is 16.5. The first-order chi connectivity index (χ1) is 10.6. The van der Waals surface area contributed by atoms with Crippen LogP contribution in [0.3, 0.4) is 0 Å². The molecule has 0 unspecified atom stereocenters. The second kappa shape index (κ2) is 6.23. The highest BCUT2D eigenvalue weighted by molar-refractivity contribution is 5.96. The molecular formula is C15H19N3O4. The van der Waals surface area contributed by atoms with Crippen molar-refractivity contribution in [2.75, 3.05) is 43.5 Å². The second-order valence-electron chi connectivity index (χ2n) is 5.35. The molecule has 1 saturated heterocycles. The van der Waals surface area contributed by atoms with Gasteiger partial charge in [-0.05, 0) is 25.1 Å². The fraction of sp³-hybridized carbons (Fsp3) is 0.467. The lowest BCUT2D eigenvalue weighted by molar-refractivity contribution is -0.135. The Hall–Kier alpha value is -2.28. The van der Waals surface area contributed by atoms with E-state index in [2.05, 4.69) is 10.6 Å². The van der Waals surface area contributed by atoms with Crippen molar-refractivity contribution in [1.82, 2.24) is 4.90 Å². The number of fused-ring (bicyclic) bond motifs is 1. The van der Waals surface area contributed by atoms with Gasteiger partial charge in [-0.2, -0.15) is 0 Å². The van der Waals surface area contributed by atoms with Gasteiger partial charge in [0.2, 0.25) is 5.91 Å². The summed E-state index contributed by atoms with van der Waals surface area (Å²) in [5.41, 5.74) is 1.38. The minimum Gasteiger partial charge on any atom is -0.482 e. The molecule has 3 rings (SSSR count). The summed E-state index contributed by atoms with van der Waals surface area (Å²) in [6.07, 6.45) is 0. The minimum atomic E-state index is -0.351. The molecule has 0 radical (unpaired) electrons. The second-order valence-corrected chi connectivity index (χ2v) is 5.35. The standard InChI is InChI=1S/C15H19N3O4/c1-10(15(20)18-4-6-21-7-5-18)16-11-2-3-13-12(8-11)17-14(19)9-22-13/h2-3,8,10,16H,4-7,9H2,1H3,(H,17,19)/t10-/m0/s1. The van der Waals surface area contributed by atoms with E-state index < -0.39 is 0 Å². The van der Waals surface area contributed by atoms with Gasteiger partial charge < -0.3 is 25.0 Å². The van der Waals surface area contributed by atoms with E-state index in [0.717, 1.165) is 5.69 Å². The number of benzene rings is 1. The van der Waals surface area contributed by atoms with Crippen LogP contribution in [0.5, 0.6) is 5.75 Å². The predicted molar refractivity (Wildman–Crippen MR) is 81.1 cm³/mol. The Morgan fingerprint density at radius 2 is 2.14 bits per heavy atom. The van der Waals surface area contributed by atoms with Gasteiger partial charge in [-0.25, -0.2) is 0 Å². The lowest BCUT2D eigenvalue weighted by atomic mass is 10.2. The fourth-order valence-electron chi connectivity index (χ4n) is 2.54. The molecule has 1 aromatic rings. The number of anilines is 2. The summed E-state index contributed by atoms with van der Waals surface area (Å²) in [7, 11) is 0. The summed E-state index contributed by atoms with van der Waals surface area (Å²) in [6.45, 7) is 4.28. The first kappa shape index (κ1) is 14.6. The van der Waals surface area contributed by atoms with Crippen LogP contribution in [-0.2, 0) is 14.3 Å². The Balaban J connectivity index is 1.66. The van der Waals surface area contributed by atoms with Crippen LogP contribution in [0.2, 0.25) is 0 Å². The topological polar surface area (TPSA) is 79.9 Å². The Bertz CT molecular complexity index is 584. The van der Waals surface area contributed by atoms with Crippen LogP contribution < -0.4 is 15.4 Å². The fourth-order valence-corrected chi connectivity index (χ4v) is 2.54. The van der Waals surface area contributed by atoms with Crippen LogP contribution in [0.25, 0.3) is 0 Å². The maximum atomic E-state index is 12.4. The van der Waals surface area contributed by atoms with Gasteiger partial charge in [-0.15, -0.1) is 0 Å². The first-order valence-corrected chi connectivity index (χ1v) is 7.33. The van der Waals surface area contributed by atoms with Gasteiger partial charge in [0.1, 0.15) is 11.8 Å². The maximum absolute atomic E-state index is 12.4. The van der Waals surface area contributed by atoms with E-state index in [1.807, 2.05) is 13.0 Å². The molecule has 2 aliphatic heterocycles. The van der Waals surface area contributed by atoms with E-state index in [0.29, 0.717) is 37.7 Å². The molecule has 0 aromatic heterocycles. The van der Waals surface area contributed by atoms with Gasteiger partial charge in [0, 0.05) is 18.8 Å². The zero-order valence-corrected chi connectivity index (χ0v) is 12.4. The monoisotopic (exact) mass is 305 g/mol. The Labute approximate surface area is 128 Å². The van der Waals surface area contributed by atoms with E-state index in [9.17, 15) is 9.59 Å². The third-order valence-corrected chi connectivity index (χ3v) is 3.69. The van der Waals surface area contributed by atoms with Crippen molar-refractivity contribution in [3.8, 4) is 5.75 Å². The molecule has 1 fully saturated rings. The number of nitrogens with one attached hydrogen (secondary N) is 2. The average molecular weight is 305 g/mol. The normalized spacial score (nSPS) is 18.8. The highest BCUT2D eigenvalue weighted by Crippen LogP contribution is 2.30. The zero-order valence-electron chi connectivity index (χ0n) is 12.4. The number of morpholine rings is 1. The van der Waals surface area contributed by atoms with Crippen molar-refractivity contribution in [1.29, 1.82) is 0 Å². The Morgan fingerprint density at radius 1 is 1.36 bits per heavy atom. The van der Waals surface area contributed by atoms with E-state index in [1.165, 1.54) is 0 Å². The van der Waals surface area contributed by atoms with Crippen molar-refractivity contribution in [3.63, 3.8) is 0 Å². The van der Waals surface area contributed by atoms with Gasteiger partial charge >= 0.3 is 0 Å². The molecule has 0 spiro atoms. The summed E-state index contributed by atoms with van der Waals surface area (Å²) >= 11 is 0. The van der Waals surface area contributed by atoms with Crippen LogP contribution in [0.15, 0.2) is 18.2 Å². The van der Waals surface area contributed by atoms with E-state index in [-0.39, 0.29) is 24.5 Å². The number of amides is 2. The maximum Gasteiger partial charge on any atom is 0.262 e. The van der Waals surface area contributed by atoms with Crippen molar-refractivity contribution >= 4 is 23.2 Å². The smallest absolute Gasteiger partial charge is 0.262 e. The summed E-state index contributed by atoms with van der Waals surface area (Å²) in [4.78, 5) is 25.5. The molecule has 118 valence electrons. The molecule has 1 atom stereocenters. The van der Waals surface area contributed by atoms with Gasteiger partial charge in [-0.3, -0.25) is 9.59 Å². The summed E-state index contributed by atoms with van der Waals surface area (Å²) in [5.74, 6) is 0.501. The quantitative estimate of drug-likeness (QED) is 0.858. The third-order valence-electron chi connectivity index (χ3n) is 3.69. The predicted octanol–water partition coefficient (Wildman–Crippen LogP) is 0.677. The van der Waals surface area contributed by atoms with Crippen LogP contribution >= 0.6 is 0 Å². The molecule has 22 heavy (non-hydrogen) atoms. The molecule has 2 N–H and O–H groups in total. The van der Waals surface area contributed by atoms with E-state index >= 15 is 0 Å². The zero-order chi connectivity index (χ0) is 15.5. The van der Waals surface area contributed by atoms with E-state index in [1.54, 1.807) is 17.0 Å².